The van der Waals surface area contributed by atoms with Crippen LogP contribution < -0.4 is 14.2 Å². The quantitative estimate of drug-likeness (QED) is 0.713. The summed E-state index contributed by atoms with van der Waals surface area (Å²) in [5.74, 6) is 2.67. The Morgan fingerprint density at radius 2 is 1.76 bits per heavy atom. The molecule has 2 rings (SSSR count). The Hall–Kier alpha value is -1.22. The molecule has 0 saturated carbocycles. The highest BCUT2D eigenvalue weighted by molar-refractivity contribution is 8.22. The van der Waals surface area contributed by atoms with Gasteiger partial charge >= 0.3 is 0 Å². The molecule has 0 amide bonds. The van der Waals surface area contributed by atoms with Crippen LogP contribution in [0, 0.1) is 0 Å². The van der Waals surface area contributed by atoms with Crippen LogP contribution in [0.4, 0.5) is 0 Å². The number of thioether (sulfide) groups is 1. The van der Waals surface area contributed by atoms with Crippen molar-refractivity contribution < 1.29 is 19.3 Å². The molecule has 0 aliphatic carbocycles. The Morgan fingerprint density at radius 3 is 2.32 bits per heavy atom. The van der Waals surface area contributed by atoms with E-state index >= 15 is 0 Å². The van der Waals surface area contributed by atoms with Gasteiger partial charge in [-0.2, -0.15) is 0 Å². The largest absolute Gasteiger partial charge is 0.493 e. The van der Waals surface area contributed by atoms with Gasteiger partial charge in [0.05, 0.1) is 27.9 Å². The van der Waals surface area contributed by atoms with Gasteiger partial charge in [0.15, 0.2) is 11.5 Å². The van der Waals surface area contributed by atoms with Crippen molar-refractivity contribution in [1.82, 2.24) is 9.80 Å². The second kappa shape index (κ2) is 10.1. The summed E-state index contributed by atoms with van der Waals surface area (Å²) >= 11 is 6.96. The van der Waals surface area contributed by atoms with Crippen LogP contribution in [0.1, 0.15) is 5.56 Å². The molecule has 1 aromatic carbocycles. The summed E-state index contributed by atoms with van der Waals surface area (Å²) in [4.78, 5) is 4.58. The number of hydrogen-bond donors (Lipinski definition) is 1. The van der Waals surface area contributed by atoms with Gasteiger partial charge < -0.3 is 24.2 Å². The van der Waals surface area contributed by atoms with Crippen molar-refractivity contribution in [3.63, 3.8) is 0 Å². The van der Waals surface area contributed by atoms with Crippen molar-refractivity contribution in [1.29, 1.82) is 0 Å². The first-order valence-electron chi connectivity index (χ1n) is 8.17. The zero-order valence-electron chi connectivity index (χ0n) is 15.0. The van der Waals surface area contributed by atoms with E-state index in [9.17, 15) is 0 Å². The van der Waals surface area contributed by atoms with Crippen molar-refractivity contribution in [3.05, 3.63) is 17.7 Å². The summed E-state index contributed by atoms with van der Waals surface area (Å²) in [6.07, 6.45) is 0. The maximum atomic E-state index is 8.91. The standard InChI is InChI=1S/C17H26N2O4S2/c1-21-14-5-4-13(15(22-2)16(14)23-3)12-18-6-8-19(9-7-18)17(24)25-11-10-20/h4-5,20H,6-12H2,1-3H3. The SMILES string of the molecule is COc1ccc(CN2CCN(C(=S)SCCO)CC2)c(OC)c1OC. The summed E-state index contributed by atoms with van der Waals surface area (Å²) in [6, 6.07) is 3.93. The number of benzene rings is 1. The first-order valence-corrected chi connectivity index (χ1v) is 9.56. The molecule has 1 aliphatic heterocycles. The molecule has 0 bridgehead atoms. The Balaban J connectivity index is 1.99. The summed E-state index contributed by atoms with van der Waals surface area (Å²) in [6.45, 7) is 4.59. The zero-order valence-corrected chi connectivity index (χ0v) is 16.6. The van der Waals surface area contributed by atoms with Crippen LogP contribution in [0.2, 0.25) is 0 Å². The lowest BCUT2D eigenvalue weighted by Crippen LogP contribution is -2.47. The average Bonchev–Trinajstić information content (AvgIpc) is 2.66. The Bertz CT molecular complexity index is 578. The van der Waals surface area contributed by atoms with E-state index in [0.29, 0.717) is 17.3 Å². The van der Waals surface area contributed by atoms with E-state index in [1.54, 1.807) is 33.1 Å². The van der Waals surface area contributed by atoms with Gasteiger partial charge in [0.1, 0.15) is 4.32 Å². The monoisotopic (exact) mass is 386 g/mol. The normalized spacial score (nSPS) is 15.1. The van der Waals surface area contributed by atoms with Crippen LogP contribution in [0.25, 0.3) is 0 Å². The predicted octanol–water partition coefficient (Wildman–Crippen LogP) is 1.84. The molecular formula is C17H26N2O4S2. The predicted molar refractivity (Wildman–Crippen MR) is 105 cm³/mol. The van der Waals surface area contributed by atoms with Gasteiger partial charge in [0.2, 0.25) is 5.75 Å². The van der Waals surface area contributed by atoms with Crippen LogP contribution in [-0.4, -0.2) is 79.1 Å². The molecule has 0 unspecified atom stereocenters. The smallest absolute Gasteiger partial charge is 0.203 e. The van der Waals surface area contributed by atoms with Crippen molar-refractivity contribution in [2.45, 2.75) is 6.54 Å². The van der Waals surface area contributed by atoms with Gasteiger partial charge in [-0.05, 0) is 6.07 Å². The molecule has 0 spiro atoms. The number of methoxy groups -OCH3 is 3. The molecule has 0 atom stereocenters. The molecule has 1 saturated heterocycles. The Labute approximate surface area is 159 Å². The van der Waals surface area contributed by atoms with Gasteiger partial charge in [0.25, 0.3) is 0 Å². The highest BCUT2D eigenvalue weighted by Crippen LogP contribution is 2.40. The second-order valence-electron chi connectivity index (χ2n) is 5.59. The molecule has 1 aliphatic rings. The third-order valence-electron chi connectivity index (χ3n) is 4.13. The number of thiocarbonyl (C=S) groups is 1. The number of hydrogen-bond acceptors (Lipinski definition) is 7. The minimum absolute atomic E-state index is 0.157. The number of aliphatic hydroxyl groups is 1. The first kappa shape index (κ1) is 20.1. The van der Waals surface area contributed by atoms with Gasteiger partial charge in [-0.3, -0.25) is 4.90 Å². The summed E-state index contributed by atoms with van der Waals surface area (Å²) in [5, 5.41) is 8.91. The molecule has 25 heavy (non-hydrogen) atoms. The fourth-order valence-corrected chi connectivity index (χ4v) is 3.91. The topological polar surface area (TPSA) is 54.4 Å². The lowest BCUT2D eigenvalue weighted by molar-refractivity contribution is 0.176. The number of rotatable bonds is 7. The lowest BCUT2D eigenvalue weighted by Gasteiger charge is -2.36. The van der Waals surface area contributed by atoms with E-state index in [1.165, 1.54) is 0 Å². The van der Waals surface area contributed by atoms with Gasteiger partial charge in [0, 0.05) is 44.0 Å². The summed E-state index contributed by atoms with van der Waals surface area (Å²) < 4.78 is 17.2. The van der Waals surface area contributed by atoms with Gasteiger partial charge in [-0.15, -0.1) is 0 Å². The van der Waals surface area contributed by atoms with Crippen LogP contribution in [0.15, 0.2) is 12.1 Å². The molecule has 1 heterocycles. The molecule has 0 aromatic heterocycles. The minimum Gasteiger partial charge on any atom is -0.493 e. The third kappa shape index (κ3) is 5.13. The maximum Gasteiger partial charge on any atom is 0.203 e. The summed E-state index contributed by atoms with van der Waals surface area (Å²) in [5.41, 5.74) is 1.07. The van der Waals surface area contributed by atoms with E-state index < -0.39 is 0 Å². The Morgan fingerprint density at radius 1 is 1.08 bits per heavy atom. The number of nitrogens with zero attached hydrogens (tertiary/aromatic N) is 2. The molecule has 8 heteroatoms. The van der Waals surface area contributed by atoms with E-state index in [4.69, 9.17) is 31.5 Å². The molecule has 6 nitrogen and oxygen atoms in total. The molecule has 1 aromatic rings. The van der Waals surface area contributed by atoms with E-state index in [1.807, 2.05) is 12.1 Å². The lowest BCUT2D eigenvalue weighted by atomic mass is 10.1. The van der Waals surface area contributed by atoms with E-state index in [-0.39, 0.29) is 6.61 Å². The minimum atomic E-state index is 0.157. The zero-order chi connectivity index (χ0) is 18.2. The fourth-order valence-electron chi connectivity index (χ4n) is 2.84. The molecule has 0 radical (unpaired) electrons. The van der Waals surface area contributed by atoms with Crippen LogP contribution in [0.5, 0.6) is 17.2 Å². The van der Waals surface area contributed by atoms with Gasteiger partial charge in [-0.1, -0.05) is 30.0 Å². The average molecular weight is 387 g/mol. The second-order valence-corrected chi connectivity index (χ2v) is 7.32. The number of ether oxygens (including phenoxy) is 3. The molecule has 1 fully saturated rings. The highest BCUT2D eigenvalue weighted by atomic mass is 32.2. The maximum absolute atomic E-state index is 8.91. The fraction of sp³-hybridized carbons (Fsp3) is 0.588. The van der Waals surface area contributed by atoms with Crippen molar-refractivity contribution >= 4 is 28.3 Å². The Kier molecular flexibility index (Phi) is 8.08. The van der Waals surface area contributed by atoms with Crippen LogP contribution >= 0.6 is 24.0 Å². The van der Waals surface area contributed by atoms with Gasteiger partial charge in [-0.25, -0.2) is 0 Å². The number of piperazine rings is 1. The molecule has 140 valence electrons. The van der Waals surface area contributed by atoms with E-state index in [2.05, 4.69) is 9.80 Å². The third-order valence-corrected chi connectivity index (χ3v) is 5.63. The van der Waals surface area contributed by atoms with E-state index in [0.717, 1.165) is 48.4 Å². The van der Waals surface area contributed by atoms with Crippen molar-refractivity contribution in [2.75, 3.05) is 59.9 Å². The van der Waals surface area contributed by atoms with Crippen LogP contribution in [0.3, 0.4) is 0 Å². The summed E-state index contributed by atoms with van der Waals surface area (Å²) in [7, 11) is 4.89. The van der Waals surface area contributed by atoms with Crippen molar-refractivity contribution in [3.8, 4) is 17.2 Å². The number of aliphatic hydroxyl groups excluding tert-OH is 1. The first-order chi connectivity index (χ1) is 12.1. The van der Waals surface area contributed by atoms with Crippen molar-refractivity contribution in [2.24, 2.45) is 0 Å². The highest BCUT2D eigenvalue weighted by Gasteiger charge is 2.22. The molecule has 1 N–H and O–H groups in total. The molecular weight excluding hydrogens is 360 g/mol. The van der Waals surface area contributed by atoms with Crippen LogP contribution in [-0.2, 0) is 6.54 Å².